The summed E-state index contributed by atoms with van der Waals surface area (Å²) in [5.41, 5.74) is -0.298. The molecule has 0 saturated carbocycles. The molecule has 0 fully saturated rings. The molecule has 0 aromatic carbocycles. The Kier molecular flexibility index (Phi) is 5.55. The van der Waals surface area contributed by atoms with Crippen molar-refractivity contribution in [3.63, 3.8) is 0 Å². The first-order valence-corrected chi connectivity index (χ1v) is 5.35. The van der Waals surface area contributed by atoms with Gasteiger partial charge in [0, 0.05) is 12.3 Å². The van der Waals surface area contributed by atoms with Crippen molar-refractivity contribution in [1.29, 1.82) is 0 Å². The summed E-state index contributed by atoms with van der Waals surface area (Å²) in [5.74, 6) is -0.196. The van der Waals surface area contributed by atoms with Crippen LogP contribution in [-0.2, 0) is 9.53 Å². The number of rotatable bonds is 5. The summed E-state index contributed by atoms with van der Waals surface area (Å²) in [6.45, 7) is 5.34. The molecular weight excluding hydrogens is 220 g/mol. The van der Waals surface area contributed by atoms with Gasteiger partial charge in [0.2, 0.25) is 0 Å². The molecule has 0 spiro atoms. The average molecular weight is 237 g/mol. The lowest BCUT2D eigenvalue weighted by Crippen LogP contribution is -2.26. The second-order valence-electron chi connectivity index (χ2n) is 3.50. The third-order valence-corrected chi connectivity index (χ3v) is 2.14. The molecule has 2 nitrogen and oxygen atoms in total. The Hall–Kier alpha value is -0.0500. The van der Waals surface area contributed by atoms with Crippen molar-refractivity contribution in [2.24, 2.45) is 0 Å². The summed E-state index contributed by atoms with van der Waals surface area (Å²) in [6.07, 6.45) is 3.15. The maximum absolute atomic E-state index is 10.7. The van der Waals surface area contributed by atoms with Crippen molar-refractivity contribution >= 4 is 21.9 Å². The van der Waals surface area contributed by atoms with Crippen molar-refractivity contribution in [2.75, 3.05) is 5.33 Å². The SMILES string of the molecule is CC(=O)OC(C)(C)CCCCBr. The minimum Gasteiger partial charge on any atom is -0.460 e. The van der Waals surface area contributed by atoms with Crippen LogP contribution in [0.4, 0.5) is 0 Å². The fourth-order valence-electron chi connectivity index (χ4n) is 1.09. The summed E-state index contributed by atoms with van der Waals surface area (Å²) in [6, 6.07) is 0. The highest BCUT2D eigenvalue weighted by molar-refractivity contribution is 9.09. The number of carbonyl (C=O) groups excluding carboxylic acids is 1. The molecule has 0 heterocycles. The number of alkyl halides is 1. The fraction of sp³-hybridized carbons (Fsp3) is 0.889. The number of hydrogen-bond donors (Lipinski definition) is 0. The summed E-state index contributed by atoms with van der Waals surface area (Å²) in [5, 5.41) is 1.02. The lowest BCUT2D eigenvalue weighted by atomic mass is 10.0. The van der Waals surface area contributed by atoms with E-state index in [0.29, 0.717) is 0 Å². The third kappa shape index (κ3) is 6.65. The van der Waals surface area contributed by atoms with Gasteiger partial charge in [-0.25, -0.2) is 0 Å². The van der Waals surface area contributed by atoms with Gasteiger partial charge in [0.15, 0.2) is 0 Å². The minimum absolute atomic E-state index is 0.196. The van der Waals surface area contributed by atoms with E-state index in [9.17, 15) is 4.79 Å². The van der Waals surface area contributed by atoms with Gasteiger partial charge in [-0.3, -0.25) is 4.79 Å². The van der Waals surface area contributed by atoms with Crippen LogP contribution in [0.15, 0.2) is 0 Å². The molecule has 0 atom stereocenters. The first kappa shape index (κ1) is 11.9. The molecule has 0 N–H and O–H groups in total. The highest BCUT2D eigenvalue weighted by Crippen LogP contribution is 2.18. The van der Waals surface area contributed by atoms with Crippen LogP contribution in [0.25, 0.3) is 0 Å². The molecule has 12 heavy (non-hydrogen) atoms. The number of ether oxygens (including phenoxy) is 1. The second-order valence-corrected chi connectivity index (χ2v) is 4.29. The van der Waals surface area contributed by atoms with E-state index in [2.05, 4.69) is 15.9 Å². The zero-order chi connectivity index (χ0) is 9.61. The van der Waals surface area contributed by atoms with Crippen LogP contribution in [0.2, 0.25) is 0 Å². The molecule has 0 bridgehead atoms. The highest BCUT2D eigenvalue weighted by Gasteiger charge is 2.19. The molecular formula is C9H17BrO2. The predicted octanol–water partition coefficient (Wildman–Crippen LogP) is 2.89. The van der Waals surface area contributed by atoms with Crippen LogP contribution >= 0.6 is 15.9 Å². The molecule has 0 unspecified atom stereocenters. The number of esters is 1. The molecule has 0 saturated heterocycles. The third-order valence-electron chi connectivity index (χ3n) is 1.58. The van der Waals surface area contributed by atoms with Crippen LogP contribution in [0, 0.1) is 0 Å². The molecule has 0 rings (SSSR count). The van der Waals surface area contributed by atoms with Crippen LogP contribution in [-0.4, -0.2) is 16.9 Å². The zero-order valence-corrected chi connectivity index (χ0v) is 9.61. The molecule has 0 aliphatic rings. The van der Waals surface area contributed by atoms with Gasteiger partial charge in [-0.15, -0.1) is 0 Å². The first-order chi connectivity index (χ1) is 5.48. The summed E-state index contributed by atoms with van der Waals surface area (Å²) in [7, 11) is 0. The number of unbranched alkanes of at least 4 members (excludes halogenated alkanes) is 1. The largest absolute Gasteiger partial charge is 0.460 e. The van der Waals surface area contributed by atoms with Gasteiger partial charge in [-0.2, -0.15) is 0 Å². The maximum atomic E-state index is 10.7. The second kappa shape index (κ2) is 5.57. The van der Waals surface area contributed by atoms with Crippen LogP contribution < -0.4 is 0 Å². The lowest BCUT2D eigenvalue weighted by Gasteiger charge is -2.24. The Labute approximate surface area is 82.8 Å². The molecule has 0 aliphatic heterocycles. The van der Waals surface area contributed by atoms with Crippen molar-refractivity contribution in [2.45, 2.75) is 45.6 Å². The standard InChI is InChI=1S/C9H17BrO2/c1-8(11)12-9(2,3)6-4-5-7-10/h4-7H2,1-3H3. The van der Waals surface area contributed by atoms with Gasteiger partial charge in [0.05, 0.1) is 0 Å². The number of hydrogen-bond acceptors (Lipinski definition) is 2. The fourth-order valence-corrected chi connectivity index (χ4v) is 1.48. The van der Waals surface area contributed by atoms with Gasteiger partial charge in [-0.05, 0) is 33.1 Å². The Morgan fingerprint density at radius 3 is 2.42 bits per heavy atom. The topological polar surface area (TPSA) is 26.3 Å². The highest BCUT2D eigenvalue weighted by atomic mass is 79.9. The van der Waals surface area contributed by atoms with Gasteiger partial charge in [0.25, 0.3) is 0 Å². The van der Waals surface area contributed by atoms with Gasteiger partial charge < -0.3 is 4.74 Å². The van der Waals surface area contributed by atoms with E-state index in [0.717, 1.165) is 24.6 Å². The minimum atomic E-state index is -0.298. The number of halogens is 1. The Balaban J connectivity index is 3.63. The molecule has 72 valence electrons. The summed E-state index contributed by atoms with van der Waals surface area (Å²) < 4.78 is 5.13. The smallest absolute Gasteiger partial charge is 0.303 e. The van der Waals surface area contributed by atoms with E-state index in [1.807, 2.05) is 13.8 Å². The van der Waals surface area contributed by atoms with Crippen LogP contribution in [0.3, 0.4) is 0 Å². The lowest BCUT2D eigenvalue weighted by molar-refractivity contribution is -0.154. The van der Waals surface area contributed by atoms with Gasteiger partial charge >= 0.3 is 5.97 Å². The van der Waals surface area contributed by atoms with Gasteiger partial charge in [0.1, 0.15) is 5.60 Å². The van der Waals surface area contributed by atoms with E-state index < -0.39 is 0 Å². The van der Waals surface area contributed by atoms with Crippen molar-refractivity contribution < 1.29 is 9.53 Å². The Morgan fingerprint density at radius 2 is 2.00 bits per heavy atom. The van der Waals surface area contributed by atoms with Crippen LogP contribution in [0.5, 0.6) is 0 Å². The Bertz CT molecular complexity index is 143. The zero-order valence-electron chi connectivity index (χ0n) is 8.02. The molecule has 0 aromatic rings. The van der Waals surface area contributed by atoms with Crippen molar-refractivity contribution in [3.05, 3.63) is 0 Å². The van der Waals surface area contributed by atoms with E-state index in [4.69, 9.17) is 4.74 Å². The monoisotopic (exact) mass is 236 g/mol. The summed E-state index contributed by atoms with van der Waals surface area (Å²) >= 11 is 3.36. The van der Waals surface area contributed by atoms with E-state index >= 15 is 0 Å². The predicted molar refractivity (Wildman–Crippen MR) is 53.5 cm³/mol. The molecule has 0 radical (unpaired) electrons. The maximum Gasteiger partial charge on any atom is 0.303 e. The van der Waals surface area contributed by atoms with Crippen molar-refractivity contribution in [1.82, 2.24) is 0 Å². The van der Waals surface area contributed by atoms with Crippen LogP contribution in [0.1, 0.15) is 40.0 Å². The van der Waals surface area contributed by atoms with Crippen molar-refractivity contribution in [3.8, 4) is 0 Å². The average Bonchev–Trinajstić information content (AvgIpc) is 1.84. The van der Waals surface area contributed by atoms with E-state index in [1.165, 1.54) is 6.92 Å². The quantitative estimate of drug-likeness (QED) is 0.417. The summed E-state index contributed by atoms with van der Waals surface area (Å²) in [4.78, 5) is 10.7. The van der Waals surface area contributed by atoms with Gasteiger partial charge in [-0.1, -0.05) is 15.9 Å². The number of carbonyl (C=O) groups is 1. The molecule has 3 heteroatoms. The molecule has 0 aromatic heterocycles. The molecule has 0 amide bonds. The Morgan fingerprint density at radius 1 is 1.42 bits per heavy atom. The van der Waals surface area contributed by atoms with E-state index in [-0.39, 0.29) is 11.6 Å². The normalized spacial score (nSPS) is 11.3. The molecule has 0 aliphatic carbocycles. The first-order valence-electron chi connectivity index (χ1n) is 4.23. The van der Waals surface area contributed by atoms with E-state index in [1.54, 1.807) is 0 Å².